The number of hydrogen-bond acceptors (Lipinski definition) is 5. The summed E-state index contributed by atoms with van der Waals surface area (Å²) in [6, 6.07) is 0. The lowest BCUT2D eigenvalue weighted by atomic mass is 10.1. The van der Waals surface area contributed by atoms with Crippen LogP contribution in [0.1, 0.15) is 11.7 Å². The molecule has 1 N–H and O–H groups in total. The van der Waals surface area contributed by atoms with Crippen LogP contribution < -0.4 is 5.32 Å². The fourth-order valence-electron chi connectivity index (χ4n) is 2.33. The number of aliphatic imine (C=N–C) groups is 1. The van der Waals surface area contributed by atoms with Crippen LogP contribution in [-0.2, 0) is 21.6 Å². The molecule has 2 rings (SSSR count). The fourth-order valence-corrected chi connectivity index (χ4v) is 2.80. The van der Waals surface area contributed by atoms with Crippen LogP contribution >= 0.6 is 0 Å². The molecule has 22 heavy (non-hydrogen) atoms. The van der Waals surface area contributed by atoms with Crippen molar-refractivity contribution in [3.63, 3.8) is 0 Å². The zero-order valence-corrected chi connectivity index (χ0v) is 14.0. The number of morpholine rings is 1. The minimum Gasteiger partial charge on any atom is -0.370 e. The van der Waals surface area contributed by atoms with Gasteiger partial charge < -0.3 is 15.0 Å². The average Bonchev–Trinajstić information content (AvgIpc) is 2.89. The highest BCUT2D eigenvalue weighted by Crippen LogP contribution is 2.21. The lowest BCUT2D eigenvalue weighted by Gasteiger charge is -2.34. The first kappa shape index (κ1) is 16.8. The Balaban J connectivity index is 1.95. The van der Waals surface area contributed by atoms with Crippen molar-refractivity contribution in [1.82, 2.24) is 20.0 Å². The molecule has 0 aliphatic carbocycles. The summed E-state index contributed by atoms with van der Waals surface area (Å²) in [7, 11) is 0.581. The van der Waals surface area contributed by atoms with Crippen LogP contribution in [0.5, 0.6) is 0 Å². The first-order valence-corrected chi connectivity index (χ1v) is 9.18. The monoisotopic (exact) mass is 329 g/mol. The fraction of sp³-hybridized carbons (Fsp3) is 0.692. The van der Waals surface area contributed by atoms with Crippen molar-refractivity contribution in [1.29, 1.82) is 0 Å². The van der Waals surface area contributed by atoms with E-state index in [9.17, 15) is 8.42 Å². The van der Waals surface area contributed by atoms with Crippen LogP contribution in [0.3, 0.4) is 0 Å². The van der Waals surface area contributed by atoms with Gasteiger partial charge in [-0.25, -0.2) is 8.42 Å². The van der Waals surface area contributed by atoms with Gasteiger partial charge in [-0.15, -0.1) is 0 Å². The maximum absolute atomic E-state index is 11.2. The maximum Gasteiger partial charge on any atom is 0.193 e. The first-order chi connectivity index (χ1) is 10.4. The normalized spacial score (nSPS) is 20.2. The number of ether oxygens (including phenoxy) is 1. The van der Waals surface area contributed by atoms with E-state index in [0.717, 1.165) is 12.1 Å². The summed E-state index contributed by atoms with van der Waals surface area (Å²) in [5.41, 5.74) is 1.03. The molecular weight excluding hydrogens is 306 g/mol. The summed E-state index contributed by atoms with van der Waals surface area (Å²) in [5, 5.41) is 7.26. The third-order valence-electron chi connectivity index (χ3n) is 3.43. The number of aryl methyl sites for hydroxylation is 1. The highest BCUT2D eigenvalue weighted by Gasteiger charge is 2.25. The molecule has 1 fully saturated rings. The molecular formula is C13H23N5O3S. The average molecular weight is 329 g/mol. The van der Waals surface area contributed by atoms with Crippen LogP contribution in [0, 0.1) is 0 Å². The molecule has 0 amide bonds. The molecule has 1 aliphatic heterocycles. The van der Waals surface area contributed by atoms with Gasteiger partial charge in [-0.3, -0.25) is 9.67 Å². The minimum atomic E-state index is -2.98. The molecule has 1 aliphatic rings. The van der Waals surface area contributed by atoms with Crippen molar-refractivity contribution < 1.29 is 13.2 Å². The largest absolute Gasteiger partial charge is 0.370 e. The van der Waals surface area contributed by atoms with Crippen LogP contribution in [0.25, 0.3) is 0 Å². The standard InChI is InChI=1S/C13H23N5O3S/c1-14-13(15-4-7-22(3,19)20)18-5-6-21-12(10-18)11-8-16-17(2)9-11/h8-9,12H,4-7,10H2,1-3H3,(H,14,15). The van der Waals surface area contributed by atoms with Crippen LogP contribution in [0.15, 0.2) is 17.4 Å². The topological polar surface area (TPSA) is 88.8 Å². The molecule has 8 nitrogen and oxygen atoms in total. The molecule has 2 heterocycles. The second-order valence-corrected chi connectivity index (χ2v) is 7.62. The Labute approximate surface area is 131 Å². The van der Waals surface area contributed by atoms with Gasteiger partial charge in [0, 0.05) is 45.2 Å². The smallest absolute Gasteiger partial charge is 0.193 e. The zero-order chi connectivity index (χ0) is 16.2. The van der Waals surface area contributed by atoms with E-state index in [0.29, 0.717) is 25.7 Å². The molecule has 0 aromatic carbocycles. The van der Waals surface area contributed by atoms with E-state index in [2.05, 4.69) is 20.3 Å². The molecule has 0 saturated carbocycles. The van der Waals surface area contributed by atoms with Crippen molar-refractivity contribution in [3.05, 3.63) is 18.0 Å². The lowest BCUT2D eigenvalue weighted by molar-refractivity contribution is -0.00798. The van der Waals surface area contributed by atoms with Gasteiger partial charge in [-0.2, -0.15) is 5.10 Å². The van der Waals surface area contributed by atoms with Gasteiger partial charge in [0.1, 0.15) is 15.9 Å². The van der Waals surface area contributed by atoms with E-state index < -0.39 is 9.84 Å². The number of guanidine groups is 1. The Kier molecular flexibility index (Phi) is 5.41. The lowest BCUT2D eigenvalue weighted by Crippen LogP contribution is -2.48. The second kappa shape index (κ2) is 7.10. The molecule has 1 atom stereocenters. The number of nitrogens with zero attached hydrogens (tertiary/aromatic N) is 4. The van der Waals surface area contributed by atoms with E-state index in [1.54, 1.807) is 17.9 Å². The quantitative estimate of drug-likeness (QED) is 0.587. The van der Waals surface area contributed by atoms with Crippen molar-refractivity contribution in [2.45, 2.75) is 6.10 Å². The Morgan fingerprint density at radius 3 is 2.95 bits per heavy atom. The predicted octanol–water partition coefficient (Wildman–Crippen LogP) is -0.587. The summed E-state index contributed by atoms with van der Waals surface area (Å²) in [6.07, 6.45) is 4.91. The summed E-state index contributed by atoms with van der Waals surface area (Å²) in [5.74, 6) is 0.781. The predicted molar refractivity (Wildman–Crippen MR) is 84.5 cm³/mol. The number of aromatic nitrogens is 2. The van der Waals surface area contributed by atoms with Gasteiger partial charge in [0.15, 0.2) is 5.96 Å². The first-order valence-electron chi connectivity index (χ1n) is 7.12. The Morgan fingerprint density at radius 2 is 2.36 bits per heavy atom. The van der Waals surface area contributed by atoms with Gasteiger partial charge in [0.25, 0.3) is 0 Å². The number of hydrogen-bond donors (Lipinski definition) is 1. The molecule has 1 aromatic heterocycles. The van der Waals surface area contributed by atoms with E-state index in [1.165, 1.54) is 6.26 Å². The molecule has 0 radical (unpaired) electrons. The van der Waals surface area contributed by atoms with Crippen molar-refractivity contribution in [3.8, 4) is 0 Å². The summed E-state index contributed by atoms with van der Waals surface area (Å²) >= 11 is 0. The summed E-state index contributed by atoms with van der Waals surface area (Å²) in [6.45, 7) is 2.31. The maximum atomic E-state index is 11.2. The SMILES string of the molecule is CN=C(NCCS(C)(=O)=O)N1CCOC(c2cnn(C)c2)C1. The van der Waals surface area contributed by atoms with E-state index in [4.69, 9.17) is 4.74 Å². The van der Waals surface area contributed by atoms with Gasteiger partial charge >= 0.3 is 0 Å². The van der Waals surface area contributed by atoms with E-state index in [-0.39, 0.29) is 11.9 Å². The van der Waals surface area contributed by atoms with Crippen LogP contribution in [0.4, 0.5) is 0 Å². The van der Waals surface area contributed by atoms with Crippen molar-refractivity contribution in [2.24, 2.45) is 12.0 Å². The van der Waals surface area contributed by atoms with Crippen LogP contribution in [-0.4, -0.2) is 74.4 Å². The molecule has 1 saturated heterocycles. The summed E-state index contributed by atoms with van der Waals surface area (Å²) < 4.78 is 29.9. The number of sulfone groups is 1. The minimum absolute atomic E-state index is 0.0593. The second-order valence-electron chi connectivity index (χ2n) is 5.36. The Hall–Kier alpha value is -1.61. The Morgan fingerprint density at radius 1 is 1.59 bits per heavy atom. The summed E-state index contributed by atoms with van der Waals surface area (Å²) in [4.78, 5) is 6.30. The van der Waals surface area contributed by atoms with E-state index in [1.807, 2.05) is 13.2 Å². The Bertz CT molecular complexity index is 625. The van der Waals surface area contributed by atoms with Gasteiger partial charge in [-0.1, -0.05) is 0 Å². The van der Waals surface area contributed by atoms with Crippen molar-refractivity contribution >= 4 is 15.8 Å². The highest BCUT2D eigenvalue weighted by molar-refractivity contribution is 7.90. The molecule has 1 aromatic rings. The van der Waals surface area contributed by atoms with Gasteiger partial charge in [0.05, 0.1) is 25.1 Å². The third-order valence-corrected chi connectivity index (χ3v) is 4.38. The highest BCUT2D eigenvalue weighted by atomic mass is 32.2. The van der Waals surface area contributed by atoms with Crippen molar-refractivity contribution in [2.75, 3.05) is 45.3 Å². The molecule has 0 bridgehead atoms. The molecule has 124 valence electrons. The van der Waals surface area contributed by atoms with E-state index >= 15 is 0 Å². The molecule has 1 unspecified atom stereocenters. The molecule has 0 spiro atoms. The zero-order valence-electron chi connectivity index (χ0n) is 13.2. The molecule has 9 heteroatoms. The number of nitrogens with one attached hydrogen (secondary N) is 1. The van der Waals surface area contributed by atoms with Gasteiger partial charge in [-0.05, 0) is 0 Å². The number of rotatable bonds is 4. The van der Waals surface area contributed by atoms with Gasteiger partial charge in [0.2, 0.25) is 0 Å². The third kappa shape index (κ3) is 4.70. The van der Waals surface area contributed by atoms with Crippen LogP contribution in [0.2, 0.25) is 0 Å².